The summed E-state index contributed by atoms with van der Waals surface area (Å²) in [5.74, 6) is 4.29. The minimum absolute atomic E-state index is 0.264. The average molecular weight is 516 g/mol. The first-order chi connectivity index (χ1) is 17.6. The largest absolute Gasteiger partial charge is 0.390 e. The molecule has 4 rings (SSSR count). The van der Waals surface area contributed by atoms with E-state index in [1.54, 1.807) is 0 Å². The van der Waals surface area contributed by atoms with Gasteiger partial charge in [0.15, 0.2) is 0 Å². The number of rotatable bonds is 12. The summed E-state index contributed by atoms with van der Waals surface area (Å²) in [5.41, 5.74) is 19.8. The van der Waals surface area contributed by atoms with Crippen LogP contribution >= 0.6 is 0 Å². The van der Waals surface area contributed by atoms with E-state index >= 15 is 0 Å². The van der Waals surface area contributed by atoms with Crippen LogP contribution in [0.3, 0.4) is 0 Å². The topological polar surface area (TPSA) is 98.3 Å². The van der Waals surface area contributed by atoms with E-state index in [1.807, 2.05) is 12.5 Å². The molecule has 0 aromatic rings. The average Bonchev–Trinajstić information content (AvgIpc) is 3.21. The highest BCUT2D eigenvalue weighted by Gasteiger charge is 2.58. The lowest BCUT2D eigenvalue weighted by Crippen LogP contribution is -2.50. The first-order valence-electron chi connectivity index (χ1n) is 16.1. The number of aliphatic hydroxyl groups is 1. The first kappa shape index (κ1) is 29.6. The van der Waals surface area contributed by atoms with Crippen molar-refractivity contribution >= 4 is 0 Å². The van der Waals surface area contributed by atoms with Crippen molar-refractivity contribution in [3.05, 3.63) is 11.6 Å². The molecule has 0 saturated heterocycles. The lowest BCUT2D eigenvalue weighted by molar-refractivity contribution is -0.0907. The molecule has 4 aliphatic rings. The zero-order chi connectivity index (χ0) is 26.9. The van der Waals surface area contributed by atoms with Gasteiger partial charge in [0.25, 0.3) is 0 Å². The summed E-state index contributed by atoms with van der Waals surface area (Å²) in [6.45, 7) is 11.6. The first-order valence-corrected chi connectivity index (χ1v) is 16.1. The van der Waals surface area contributed by atoms with Gasteiger partial charge in [0, 0.05) is 5.41 Å². The fraction of sp³-hybridized carbons (Fsp3) is 0.939. The van der Waals surface area contributed by atoms with E-state index in [1.165, 1.54) is 64.2 Å². The Balaban J connectivity index is 1.40. The number of hydrogen-bond acceptors (Lipinski definition) is 4. The van der Waals surface area contributed by atoms with E-state index in [4.69, 9.17) is 17.2 Å². The standard InChI is InChI=1S/C33H61N3O/c1-24(8-7-16-32(4,37)33(18-21-34,19-22-35)20-23-36)27-12-13-28-26-11-10-25-9-5-6-15-30(25,2)29(26)14-17-31(27,28)3/h10,24,26-29,37H,5-9,11-23,34-36H2,1-4H3/t24-,26+,27-,28+,29+,30+,31-,32?/m1/s1. The van der Waals surface area contributed by atoms with Crippen LogP contribution in [0.15, 0.2) is 11.6 Å². The highest BCUT2D eigenvalue weighted by molar-refractivity contribution is 5.24. The van der Waals surface area contributed by atoms with Crippen LogP contribution in [0.1, 0.15) is 124 Å². The van der Waals surface area contributed by atoms with Gasteiger partial charge < -0.3 is 22.3 Å². The van der Waals surface area contributed by atoms with E-state index in [0.29, 0.717) is 30.5 Å². The molecule has 0 bridgehead atoms. The van der Waals surface area contributed by atoms with Crippen molar-refractivity contribution in [1.82, 2.24) is 0 Å². The molecule has 0 aromatic carbocycles. The van der Waals surface area contributed by atoms with Crippen LogP contribution in [0.25, 0.3) is 0 Å². The van der Waals surface area contributed by atoms with Crippen LogP contribution < -0.4 is 17.2 Å². The van der Waals surface area contributed by atoms with Crippen LogP contribution in [0.2, 0.25) is 0 Å². The Morgan fingerprint density at radius 1 is 0.946 bits per heavy atom. The molecule has 0 heterocycles. The second-order valence-corrected chi connectivity index (χ2v) is 14.7. The third-order valence-electron chi connectivity index (χ3n) is 13.1. The van der Waals surface area contributed by atoms with Crippen LogP contribution in [0.5, 0.6) is 0 Å². The molecule has 0 aliphatic heterocycles. The molecular weight excluding hydrogens is 454 g/mol. The third kappa shape index (κ3) is 5.23. The van der Waals surface area contributed by atoms with E-state index in [9.17, 15) is 5.11 Å². The molecule has 1 unspecified atom stereocenters. The summed E-state index contributed by atoms with van der Waals surface area (Å²) >= 11 is 0. The summed E-state index contributed by atoms with van der Waals surface area (Å²) in [6.07, 6.45) is 20.9. The van der Waals surface area contributed by atoms with Gasteiger partial charge in [-0.1, -0.05) is 51.7 Å². The Kier molecular flexibility index (Phi) is 9.26. The smallest absolute Gasteiger partial charge is 0.0677 e. The highest BCUT2D eigenvalue weighted by Crippen LogP contribution is 2.67. The molecule has 3 saturated carbocycles. The predicted molar refractivity (Wildman–Crippen MR) is 157 cm³/mol. The lowest BCUT2D eigenvalue weighted by Gasteiger charge is -2.58. The van der Waals surface area contributed by atoms with Crippen LogP contribution in [-0.2, 0) is 0 Å². The Labute approximate surface area is 229 Å². The Bertz CT molecular complexity index is 775. The van der Waals surface area contributed by atoms with Crippen molar-refractivity contribution in [2.75, 3.05) is 19.6 Å². The van der Waals surface area contributed by atoms with Crippen molar-refractivity contribution in [3.63, 3.8) is 0 Å². The molecule has 0 radical (unpaired) electrons. The Morgan fingerprint density at radius 3 is 2.27 bits per heavy atom. The van der Waals surface area contributed by atoms with Crippen molar-refractivity contribution in [2.45, 2.75) is 130 Å². The lowest BCUT2D eigenvalue weighted by atomic mass is 9.47. The molecule has 7 N–H and O–H groups in total. The fourth-order valence-electron chi connectivity index (χ4n) is 10.9. The molecule has 37 heavy (non-hydrogen) atoms. The summed E-state index contributed by atoms with van der Waals surface area (Å²) in [4.78, 5) is 0. The minimum atomic E-state index is -0.771. The van der Waals surface area contributed by atoms with Gasteiger partial charge in [-0.3, -0.25) is 0 Å². The van der Waals surface area contributed by atoms with Gasteiger partial charge in [-0.2, -0.15) is 0 Å². The zero-order valence-corrected chi connectivity index (χ0v) is 24.9. The maximum atomic E-state index is 11.7. The highest BCUT2D eigenvalue weighted by atomic mass is 16.3. The fourth-order valence-corrected chi connectivity index (χ4v) is 10.9. The summed E-state index contributed by atoms with van der Waals surface area (Å²) in [5, 5.41) is 11.7. The molecule has 4 heteroatoms. The van der Waals surface area contributed by atoms with Crippen molar-refractivity contribution in [1.29, 1.82) is 0 Å². The Morgan fingerprint density at radius 2 is 1.62 bits per heavy atom. The van der Waals surface area contributed by atoms with Gasteiger partial charge >= 0.3 is 0 Å². The molecule has 8 atom stereocenters. The van der Waals surface area contributed by atoms with Crippen molar-refractivity contribution in [2.24, 2.45) is 63.0 Å². The van der Waals surface area contributed by atoms with Gasteiger partial charge in [-0.05, 0) is 144 Å². The zero-order valence-electron chi connectivity index (χ0n) is 24.9. The van der Waals surface area contributed by atoms with E-state index < -0.39 is 5.60 Å². The molecule has 3 fully saturated rings. The molecule has 0 amide bonds. The molecular formula is C33H61N3O. The second kappa shape index (κ2) is 11.6. The number of hydrogen-bond donors (Lipinski definition) is 4. The maximum absolute atomic E-state index is 11.7. The SMILES string of the molecule is C[C@H](CCCC(C)(O)C(CCN)(CCN)CCN)[C@H]1CC[C@H]2[C@@H]3CC=C4CCCC[C@]4(C)[C@H]3CC[C@]12C. The monoisotopic (exact) mass is 515 g/mol. The van der Waals surface area contributed by atoms with E-state index in [0.717, 1.165) is 61.7 Å². The number of nitrogens with two attached hydrogens (primary N) is 3. The van der Waals surface area contributed by atoms with Gasteiger partial charge in [-0.15, -0.1) is 0 Å². The quantitative estimate of drug-likeness (QED) is 0.222. The summed E-state index contributed by atoms with van der Waals surface area (Å²) in [6, 6.07) is 0. The van der Waals surface area contributed by atoms with E-state index in [-0.39, 0.29) is 5.41 Å². The number of fused-ring (bicyclic) bond motifs is 5. The number of allylic oxidation sites excluding steroid dienone is 2. The van der Waals surface area contributed by atoms with Crippen LogP contribution in [0.4, 0.5) is 0 Å². The van der Waals surface area contributed by atoms with Crippen LogP contribution in [-0.4, -0.2) is 30.3 Å². The van der Waals surface area contributed by atoms with E-state index in [2.05, 4.69) is 26.8 Å². The van der Waals surface area contributed by atoms with Gasteiger partial charge in [0.1, 0.15) is 0 Å². The molecule has 4 nitrogen and oxygen atoms in total. The minimum Gasteiger partial charge on any atom is -0.390 e. The van der Waals surface area contributed by atoms with Gasteiger partial charge in [0.05, 0.1) is 5.60 Å². The summed E-state index contributed by atoms with van der Waals surface area (Å²) in [7, 11) is 0. The maximum Gasteiger partial charge on any atom is 0.0677 e. The Hall–Kier alpha value is -0.420. The normalized spacial score (nSPS) is 38.2. The predicted octanol–water partition coefficient (Wildman–Crippen LogP) is 6.55. The molecule has 4 aliphatic carbocycles. The molecule has 214 valence electrons. The van der Waals surface area contributed by atoms with Gasteiger partial charge in [-0.25, -0.2) is 0 Å². The van der Waals surface area contributed by atoms with Crippen molar-refractivity contribution in [3.8, 4) is 0 Å². The van der Waals surface area contributed by atoms with Crippen molar-refractivity contribution < 1.29 is 5.11 Å². The molecule has 0 aromatic heterocycles. The third-order valence-corrected chi connectivity index (χ3v) is 13.1. The van der Waals surface area contributed by atoms with Gasteiger partial charge in [0.2, 0.25) is 0 Å². The summed E-state index contributed by atoms with van der Waals surface area (Å²) < 4.78 is 0. The molecule has 0 spiro atoms. The van der Waals surface area contributed by atoms with Crippen LogP contribution in [0, 0.1) is 45.8 Å². The second-order valence-electron chi connectivity index (χ2n) is 14.7.